The van der Waals surface area contributed by atoms with Crippen molar-refractivity contribution in [2.45, 2.75) is 56.4 Å². The van der Waals surface area contributed by atoms with Crippen LogP contribution in [0.25, 0.3) is 0 Å². The van der Waals surface area contributed by atoms with E-state index in [1.807, 2.05) is 4.90 Å². The van der Waals surface area contributed by atoms with Crippen LogP contribution < -0.4 is 15.5 Å². The average molecular weight is 358 g/mol. The molecule has 1 aliphatic carbocycles. The number of nitrogens with zero attached hydrogens (tertiary/aromatic N) is 4. The van der Waals surface area contributed by atoms with E-state index in [9.17, 15) is 4.79 Å². The molecule has 0 aromatic carbocycles. The number of carbonyl (C=O) groups is 1. The summed E-state index contributed by atoms with van der Waals surface area (Å²) < 4.78 is 5.86. The molecule has 4 fully saturated rings. The molecule has 2 amide bonds. The highest BCUT2D eigenvalue weighted by atomic mass is 16.5. The summed E-state index contributed by atoms with van der Waals surface area (Å²) in [5, 5.41) is 6.34. The minimum Gasteiger partial charge on any atom is -0.371 e. The molecule has 3 atom stereocenters. The molecular formula is C18H26N6O2. The van der Waals surface area contributed by atoms with Crippen molar-refractivity contribution < 1.29 is 9.53 Å². The predicted molar refractivity (Wildman–Crippen MR) is 97.3 cm³/mol. The van der Waals surface area contributed by atoms with Gasteiger partial charge in [-0.05, 0) is 38.6 Å². The first-order valence-corrected chi connectivity index (χ1v) is 9.79. The van der Waals surface area contributed by atoms with Crippen LogP contribution in [0.15, 0.2) is 12.4 Å². The van der Waals surface area contributed by atoms with Crippen LogP contribution in [0.2, 0.25) is 0 Å². The van der Waals surface area contributed by atoms with Gasteiger partial charge in [0, 0.05) is 31.7 Å². The third kappa shape index (κ3) is 3.23. The molecule has 8 nitrogen and oxygen atoms in total. The first-order valence-electron chi connectivity index (χ1n) is 9.79. The van der Waals surface area contributed by atoms with E-state index in [4.69, 9.17) is 4.74 Å². The van der Waals surface area contributed by atoms with Gasteiger partial charge in [-0.15, -0.1) is 0 Å². The van der Waals surface area contributed by atoms with Crippen LogP contribution in [0.4, 0.5) is 16.4 Å². The number of carbonyl (C=O) groups excluding carboxylic acids is 1. The monoisotopic (exact) mass is 358 g/mol. The highest BCUT2D eigenvalue weighted by molar-refractivity contribution is 5.89. The molecule has 8 heteroatoms. The van der Waals surface area contributed by atoms with Crippen molar-refractivity contribution in [3.63, 3.8) is 0 Å². The Labute approximate surface area is 153 Å². The Bertz CT molecular complexity index is 646. The third-order valence-electron chi connectivity index (χ3n) is 5.82. The van der Waals surface area contributed by atoms with Crippen LogP contribution >= 0.6 is 0 Å². The van der Waals surface area contributed by atoms with Crippen molar-refractivity contribution >= 4 is 17.7 Å². The second-order valence-corrected chi connectivity index (χ2v) is 7.85. The van der Waals surface area contributed by atoms with Crippen LogP contribution in [-0.4, -0.2) is 71.4 Å². The molecule has 2 N–H and O–H groups in total. The summed E-state index contributed by atoms with van der Waals surface area (Å²) >= 11 is 0. The van der Waals surface area contributed by atoms with Gasteiger partial charge >= 0.3 is 6.03 Å². The molecule has 1 saturated carbocycles. The van der Waals surface area contributed by atoms with E-state index in [1.165, 1.54) is 0 Å². The van der Waals surface area contributed by atoms with Crippen molar-refractivity contribution in [2.75, 3.05) is 36.4 Å². The molecule has 4 heterocycles. The summed E-state index contributed by atoms with van der Waals surface area (Å²) in [5.41, 5.74) is 0.659. The zero-order valence-corrected chi connectivity index (χ0v) is 14.9. The van der Waals surface area contributed by atoms with E-state index in [0.29, 0.717) is 30.0 Å². The fourth-order valence-electron chi connectivity index (χ4n) is 4.37. The maximum absolute atomic E-state index is 12.8. The van der Waals surface area contributed by atoms with E-state index in [0.717, 1.165) is 64.2 Å². The van der Waals surface area contributed by atoms with Crippen LogP contribution in [0.3, 0.4) is 0 Å². The summed E-state index contributed by atoms with van der Waals surface area (Å²) in [6.07, 6.45) is 9.55. The summed E-state index contributed by atoms with van der Waals surface area (Å²) in [6.45, 7) is 3.58. The molecule has 3 saturated heterocycles. The lowest BCUT2D eigenvalue weighted by molar-refractivity contribution is 0.0299. The fraction of sp³-hybridized carbons (Fsp3) is 0.722. The minimum absolute atomic E-state index is 0.0260. The van der Waals surface area contributed by atoms with E-state index >= 15 is 0 Å². The summed E-state index contributed by atoms with van der Waals surface area (Å²) in [4.78, 5) is 25.9. The van der Waals surface area contributed by atoms with Gasteiger partial charge < -0.3 is 25.2 Å². The van der Waals surface area contributed by atoms with Crippen LogP contribution in [0.5, 0.6) is 0 Å². The molecule has 1 aromatic rings. The molecule has 5 rings (SSSR count). The first kappa shape index (κ1) is 16.3. The largest absolute Gasteiger partial charge is 0.371 e. The highest BCUT2D eigenvalue weighted by Crippen LogP contribution is 2.31. The van der Waals surface area contributed by atoms with Crippen LogP contribution in [0, 0.1) is 0 Å². The first-order chi connectivity index (χ1) is 12.8. The number of amides is 2. The quantitative estimate of drug-likeness (QED) is 0.842. The Hall–Kier alpha value is -1.93. The van der Waals surface area contributed by atoms with Crippen LogP contribution in [0.1, 0.15) is 32.1 Å². The Balaban J connectivity index is 1.23. The molecule has 1 aromatic heterocycles. The second kappa shape index (κ2) is 6.66. The zero-order valence-electron chi connectivity index (χ0n) is 14.9. The Morgan fingerprint density at radius 2 is 1.85 bits per heavy atom. The number of morpholine rings is 1. The normalized spacial score (nSPS) is 30.5. The van der Waals surface area contributed by atoms with Crippen molar-refractivity contribution in [3.05, 3.63) is 12.4 Å². The van der Waals surface area contributed by atoms with Gasteiger partial charge in [-0.3, -0.25) is 0 Å². The number of hydrogen-bond donors (Lipinski definition) is 2. The number of hydrogen-bond acceptors (Lipinski definition) is 6. The number of nitrogens with one attached hydrogen (secondary N) is 2. The molecule has 2 bridgehead atoms. The molecule has 3 unspecified atom stereocenters. The maximum Gasteiger partial charge on any atom is 0.322 e. The Morgan fingerprint density at radius 1 is 1.12 bits per heavy atom. The van der Waals surface area contributed by atoms with Crippen molar-refractivity contribution in [1.29, 1.82) is 0 Å². The van der Waals surface area contributed by atoms with Crippen molar-refractivity contribution in [3.8, 4) is 0 Å². The van der Waals surface area contributed by atoms with Gasteiger partial charge in [0.15, 0.2) is 0 Å². The van der Waals surface area contributed by atoms with Gasteiger partial charge in [0.2, 0.25) is 5.95 Å². The lowest BCUT2D eigenvalue weighted by Crippen LogP contribution is -2.45. The van der Waals surface area contributed by atoms with Gasteiger partial charge in [-0.1, -0.05) is 0 Å². The lowest BCUT2D eigenvalue weighted by atomic mass is 10.2. The van der Waals surface area contributed by atoms with E-state index < -0.39 is 0 Å². The SMILES string of the molecule is O=C(Nc1cnc(N2CC3CCC(C2)O3)nc1)N(C1CC1)C1CCNC1. The molecular weight excluding hydrogens is 332 g/mol. The number of urea groups is 1. The van der Waals surface area contributed by atoms with Gasteiger partial charge in [0.05, 0.1) is 30.3 Å². The van der Waals surface area contributed by atoms with E-state index in [-0.39, 0.29) is 6.03 Å². The van der Waals surface area contributed by atoms with E-state index in [1.54, 1.807) is 12.4 Å². The van der Waals surface area contributed by atoms with Gasteiger partial charge in [-0.25, -0.2) is 14.8 Å². The topological polar surface area (TPSA) is 82.6 Å². The standard InChI is InChI=1S/C18H26N6O2/c25-18(24(13-1-2-13)14-5-6-19-9-14)22-12-7-20-17(21-8-12)23-10-15-3-4-16(11-23)26-15/h7-8,13-16,19H,1-6,9-11H2,(H,22,25). The van der Waals surface area contributed by atoms with Crippen molar-refractivity contribution in [2.24, 2.45) is 0 Å². The third-order valence-corrected chi connectivity index (χ3v) is 5.82. The predicted octanol–water partition coefficient (Wildman–Crippen LogP) is 1.20. The zero-order chi connectivity index (χ0) is 17.5. The number of anilines is 2. The molecule has 26 heavy (non-hydrogen) atoms. The maximum atomic E-state index is 12.8. The van der Waals surface area contributed by atoms with Gasteiger partial charge in [0.1, 0.15) is 0 Å². The van der Waals surface area contributed by atoms with Gasteiger partial charge in [0.25, 0.3) is 0 Å². The number of fused-ring (bicyclic) bond motifs is 2. The summed E-state index contributed by atoms with van der Waals surface area (Å²) in [7, 11) is 0. The Morgan fingerprint density at radius 3 is 2.46 bits per heavy atom. The summed E-state index contributed by atoms with van der Waals surface area (Å²) in [5.74, 6) is 0.724. The number of ether oxygens (including phenoxy) is 1. The molecule has 0 spiro atoms. The molecule has 140 valence electrons. The fourth-order valence-corrected chi connectivity index (χ4v) is 4.37. The smallest absolute Gasteiger partial charge is 0.322 e. The molecule has 0 radical (unpaired) electrons. The number of aromatic nitrogens is 2. The summed E-state index contributed by atoms with van der Waals surface area (Å²) in [6, 6.07) is 0.664. The second-order valence-electron chi connectivity index (χ2n) is 7.85. The average Bonchev–Trinajstić information content (AvgIpc) is 3.22. The molecule has 4 aliphatic rings. The lowest BCUT2D eigenvalue weighted by Gasteiger charge is -2.32. The highest BCUT2D eigenvalue weighted by Gasteiger charge is 2.38. The Kier molecular flexibility index (Phi) is 4.17. The molecule has 3 aliphatic heterocycles. The minimum atomic E-state index is -0.0260. The van der Waals surface area contributed by atoms with Crippen LogP contribution in [-0.2, 0) is 4.74 Å². The number of rotatable bonds is 4. The van der Waals surface area contributed by atoms with E-state index in [2.05, 4.69) is 25.5 Å². The van der Waals surface area contributed by atoms with Gasteiger partial charge in [-0.2, -0.15) is 0 Å². The van der Waals surface area contributed by atoms with Crippen molar-refractivity contribution in [1.82, 2.24) is 20.2 Å².